The summed E-state index contributed by atoms with van der Waals surface area (Å²) in [6.07, 6.45) is 10.1. The Bertz CT molecular complexity index is 933. The van der Waals surface area contributed by atoms with Gasteiger partial charge in [-0.15, -0.1) is 0 Å². The molecule has 4 nitrogen and oxygen atoms in total. The van der Waals surface area contributed by atoms with E-state index in [-0.39, 0.29) is 5.92 Å². The van der Waals surface area contributed by atoms with Crippen LogP contribution in [-0.2, 0) is 6.42 Å². The summed E-state index contributed by atoms with van der Waals surface area (Å²) >= 11 is 0. The quantitative estimate of drug-likeness (QED) is 0.531. The van der Waals surface area contributed by atoms with E-state index < -0.39 is 0 Å². The lowest BCUT2D eigenvalue weighted by atomic mass is 9.87. The van der Waals surface area contributed by atoms with Gasteiger partial charge in [0, 0.05) is 42.6 Å². The van der Waals surface area contributed by atoms with Gasteiger partial charge in [0.1, 0.15) is 5.82 Å². The molecule has 0 amide bonds. The Morgan fingerprint density at radius 1 is 0.741 bits per heavy atom. The van der Waals surface area contributed by atoms with E-state index in [2.05, 4.69) is 56.7 Å². The molecule has 0 fully saturated rings. The molecule has 0 aliphatic rings. The van der Waals surface area contributed by atoms with Gasteiger partial charge < -0.3 is 5.32 Å². The van der Waals surface area contributed by atoms with Crippen molar-refractivity contribution in [1.29, 1.82) is 0 Å². The lowest BCUT2D eigenvalue weighted by Crippen LogP contribution is -2.06. The van der Waals surface area contributed by atoms with Crippen LogP contribution in [0.2, 0.25) is 0 Å². The minimum Gasteiger partial charge on any atom is -0.340 e. The second-order valence-corrected chi connectivity index (χ2v) is 6.37. The van der Waals surface area contributed by atoms with Crippen LogP contribution in [0.3, 0.4) is 0 Å². The fourth-order valence-electron chi connectivity index (χ4n) is 3.19. The molecule has 3 heterocycles. The van der Waals surface area contributed by atoms with Crippen molar-refractivity contribution in [3.05, 3.63) is 114 Å². The van der Waals surface area contributed by atoms with Crippen molar-refractivity contribution in [3.63, 3.8) is 0 Å². The van der Waals surface area contributed by atoms with Gasteiger partial charge in [-0.05, 0) is 59.5 Å². The van der Waals surface area contributed by atoms with Crippen LogP contribution in [0.25, 0.3) is 0 Å². The number of rotatable bonds is 6. The number of hydrogen-bond acceptors (Lipinski definition) is 4. The van der Waals surface area contributed by atoms with E-state index in [9.17, 15) is 0 Å². The van der Waals surface area contributed by atoms with Crippen molar-refractivity contribution in [2.45, 2.75) is 12.3 Å². The van der Waals surface area contributed by atoms with E-state index in [0.717, 1.165) is 17.9 Å². The largest absolute Gasteiger partial charge is 0.340 e. The number of aromatic nitrogens is 3. The lowest BCUT2D eigenvalue weighted by molar-refractivity contribution is 0.794. The maximum atomic E-state index is 4.33. The van der Waals surface area contributed by atoms with Gasteiger partial charge in [-0.3, -0.25) is 9.97 Å². The first-order valence-corrected chi connectivity index (χ1v) is 8.95. The smallest absolute Gasteiger partial charge is 0.130 e. The molecular formula is C23H20N4. The van der Waals surface area contributed by atoms with E-state index in [4.69, 9.17) is 0 Å². The second-order valence-electron chi connectivity index (χ2n) is 6.37. The number of hydrogen-bond donors (Lipinski definition) is 1. The molecule has 0 atom stereocenters. The maximum Gasteiger partial charge on any atom is 0.130 e. The maximum absolute atomic E-state index is 4.33. The summed E-state index contributed by atoms with van der Waals surface area (Å²) in [5, 5.41) is 3.36. The Kier molecular flexibility index (Phi) is 5.16. The van der Waals surface area contributed by atoms with Crippen molar-refractivity contribution < 1.29 is 0 Å². The average Bonchev–Trinajstić information content (AvgIpc) is 2.74. The molecule has 0 saturated carbocycles. The summed E-state index contributed by atoms with van der Waals surface area (Å²) in [4.78, 5) is 12.9. The molecule has 0 radical (unpaired) electrons. The normalized spacial score (nSPS) is 10.7. The van der Waals surface area contributed by atoms with Crippen molar-refractivity contribution in [2.24, 2.45) is 0 Å². The first-order valence-electron chi connectivity index (χ1n) is 8.95. The van der Waals surface area contributed by atoms with Gasteiger partial charge in [0.05, 0.1) is 0 Å². The topological polar surface area (TPSA) is 50.7 Å². The number of nitrogens with zero attached hydrogens (tertiary/aromatic N) is 3. The van der Waals surface area contributed by atoms with Gasteiger partial charge >= 0.3 is 0 Å². The SMILES string of the molecule is c1ccc(Nc2cccc(CC(c3cccnc3)c3cccnc3)c2)nc1. The molecule has 1 N–H and O–H groups in total. The monoisotopic (exact) mass is 352 g/mol. The highest BCUT2D eigenvalue weighted by Gasteiger charge is 2.15. The molecule has 132 valence electrons. The zero-order chi connectivity index (χ0) is 18.3. The Hall–Kier alpha value is -3.53. The number of nitrogens with one attached hydrogen (secondary N) is 1. The molecule has 0 saturated heterocycles. The van der Waals surface area contributed by atoms with Crippen molar-refractivity contribution in [3.8, 4) is 0 Å². The third-order valence-electron chi connectivity index (χ3n) is 4.48. The Morgan fingerprint density at radius 2 is 1.52 bits per heavy atom. The van der Waals surface area contributed by atoms with Crippen LogP contribution in [0, 0.1) is 0 Å². The van der Waals surface area contributed by atoms with Crippen LogP contribution in [0.4, 0.5) is 11.5 Å². The van der Waals surface area contributed by atoms with E-state index in [1.54, 1.807) is 18.6 Å². The average molecular weight is 352 g/mol. The molecule has 1 aromatic carbocycles. The molecule has 0 aliphatic carbocycles. The summed E-state index contributed by atoms with van der Waals surface area (Å²) in [6.45, 7) is 0. The van der Waals surface area contributed by atoms with Gasteiger partial charge in [0.15, 0.2) is 0 Å². The first-order chi connectivity index (χ1) is 13.4. The molecule has 0 spiro atoms. The summed E-state index contributed by atoms with van der Waals surface area (Å²) < 4.78 is 0. The van der Waals surface area contributed by atoms with Crippen LogP contribution in [0.5, 0.6) is 0 Å². The lowest BCUT2D eigenvalue weighted by Gasteiger charge is -2.18. The molecule has 4 aromatic rings. The third kappa shape index (κ3) is 4.36. The molecule has 0 unspecified atom stereocenters. The molecule has 0 bridgehead atoms. The summed E-state index contributed by atoms with van der Waals surface area (Å²) in [7, 11) is 0. The molecule has 4 rings (SSSR count). The highest BCUT2D eigenvalue weighted by molar-refractivity contribution is 5.57. The molecule has 3 aromatic heterocycles. The fourth-order valence-corrected chi connectivity index (χ4v) is 3.19. The second kappa shape index (κ2) is 8.23. The summed E-state index contributed by atoms with van der Waals surface area (Å²) in [6, 6.07) is 22.5. The van der Waals surface area contributed by atoms with Gasteiger partial charge in [-0.2, -0.15) is 0 Å². The molecule has 27 heavy (non-hydrogen) atoms. The standard InChI is InChI=1S/C23H20N4/c1-2-13-26-23(10-1)27-21-9-3-6-18(14-21)15-22(19-7-4-11-24-16-19)20-8-5-12-25-17-20/h1-14,16-17,22H,15H2,(H,26,27). The fraction of sp³-hybridized carbons (Fsp3) is 0.0870. The molecule has 4 heteroatoms. The minimum atomic E-state index is 0.206. The van der Waals surface area contributed by atoms with E-state index in [1.165, 1.54) is 16.7 Å². The third-order valence-corrected chi connectivity index (χ3v) is 4.48. The van der Waals surface area contributed by atoms with Crippen molar-refractivity contribution >= 4 is 11.5 Å². The Balaban J connectivity index is 1.61. The van der Waals surface area contributed by atoms with E-state index in [0.29, 0.717) is 0 Å². The van der Waals surface area contributed by atoms with E-state index in [1.807, 2.05) is 42.7 Å². The van der Waals surface area contributed by atoms with Crippen LogP contribution < -0.4 is 5.32 Å². The van der Waals surface area contributed by atoms with Gasteiger partial charge in [0.25, 0.3) is 0 Å². The predicted octanol–water partition coefficient (Wildman–Crippen LogP) is 4.99. The zero-order valence-electron chi connectivity index (χ0n) is 14.9. The van der Waals surface area contributed by atoms with E-state index >= 15 is 0 Å². The highest BCUT2D eigenvalue weighted by Crippen LogP contribution is 2.28. The van der Waals surface area contributed by atoms with Gasteiger partial charge in [-0.1, -0.05) is 30.3 Å². The summed E-state index contributed by atoms with van der Waals surface area (Å²) in [5.74, 6) is 1.04. The van der Waals surface area contributed by atoms with Gasteiger partial charge in [0.2, 0.25) is 0 Å². The summed E-state index contributed by atoms with van der Waals surface area (Å²) in [5.41, 5.74) is 4.65. The van der Waals surface area contributed by atoms with Crippen molar-refractivity contribution in [1.82, 2.24) is 15.0 Å². The predicted molar refractivity (Wildman–Crippen MR) is 108 cm³/mol. The van der Waals surface area contributed by atoms with Crippen LogP contribution in [0.15, 0.2) is 97.7 Å². The first kappa shape index (κ1) is 16.9. The minimum absolute atomic E-state index is 0.206. The van der Waals surface area contributed by atoms with Crippen LogP contribution in [-0.4, -0.2) is 15.0 Å². The zero-order valence-corrected chi connectivity index (χ0v) is 14.9. The Labute approximate surface area is 159 Å². The van der Waals surface area contributed by atoms with Crippen molar-refractivity contribution in [2.75, 3.05) is 5.32 Å². The van der Waals surface area contributed by atoms with Crippen LogP contribution in [0.1, 0.15) is 22.6 Å². The highest BCUT2D eigenvalue weighted by atomic mass is 15.0. The van der Waals surface area contributed by atoms with Crippen LogP contribution >= 0.6 is 0 Å². The van der Waals surface area contributed by atoms with Gasteiger partial charge in [-0.25, -0.2) is 4.98 Å². The number of benzene rings is 1. The number of pyridine rings is 3. The Morgan fingerprint density at radius 3 is 2.15 bits per heavy atom. The number of anilines is 2. The molecule has 0 aliphatic heterocycles. The molecular weight excluding hydrogens is 332 g/mol.